The van der Waals surface area contributed by atoms with Gasteiger partial charge >= 0.3 is 0 Å². The Balaban J connectivity index is 1.80. The smallest absolute Gasteiger partial charge is 0.251 e. The first kappa shape index (κ1) is 21.8. The van der Waals surface area contributed by atoms with Gasteiger partial charge in [-0.25, -0.2) is 12.7 Å². The lowest BCUT2D eigenvalue weighted by Gasteiger charge is -2.14. The van der Waals surface area contributed by atoms with E-state index in [0.717, 1.165) is 24.7 Å². The van der Waals surface area contributed by atoms with Crippen LogP contribution in [0.5, 0.6) is 0 Å². The standard InChI is InChI=1S/C21H21N3O4S2/c1-23(2)30(27,28)17-12-13-21(26)24(14-17)15-20(25)22-18-10-6-7-11-19(18)29-16-8-4-3-5-9-16/h3-14H,15H2,1-2H3,(H,22,25). The molecule has 2 aromatic carbocycles. The lowest BCUT2D eigenvalue weighted by atomic mass is 10.3. The van der Waals surface area contributed by atoms with Crippen LogP contribution in [0.3, 0.4) is 0 Å². The fourth-order valence-corrected chi connectivity index (χ4v) is 4.46. The van der Waals surface area contributed by atoms with E-state index in [1.54, 1.807) is 12.1 Å². The fraction of sp³-hybridized carbons (Fsp3) is 0.143. The molecule has 1 aromatic heterocycles. The molecule has 0 atom stereocenters. The van der Waals surface area contributed by atoms with Crippen molar-refractivity contribution in [3.05, 3.63) is 83.3 Å². The summed E-state index contributed by atoms with van der Waals surface area (Å²) in [6.07, 6.45) is 1.18. The molecular formula is C21H21N3O4S2. The van der Waals surface area contributed by atoms with Crippen LogP contribution in [-0.4, -0.2) is 37.3 Å². The maximum atomic E-state index is 12.6. The number of amides is 1. The number of benzene rings is 2. The van der Waals surface area contributed by atoms with Gasteiger partial charge in [0.15, 0.2) is 0 Å². The van der Waals surface area contributed by atoms with Gasteiger partial charge in [-0.05, 0) is 30.3 Å². The number of pyridine rings is 1. The van der Waals surface area contributed by atoms with Gasteiger partial charge in [0.25, 0.3) is 5.56 Å². The van der Waals surface area contributed by atoms with Crippen molar-refractivity contribution in [1.82, 2.24) is 8.87 Å². The van der Waals surface area contributed by atoms with E-state index in [4.69, 9.17) is 0 Å². The van der Waals surface area contributed by atoms with Crippen LogP contribution in [0.15, 0.2) is 92.4 Å². The highest BCUT2D eigenvalue weighted by molar-refractivity contribution is 7.99. The molecular weight excluding hydrogens is 422 g/mol. The van der Waals surface area contributed by atoms with Crippen molar-refractivity contribution in [2.75, 3.05) is 19.4 Å². The van der Waals surface area contributed by atoms with E-state index in [1.165, 1.54) is 38.1 Å². The van der Waals surface area contributed by atoms with Crippen LogP contribution < -0.4 is 10.9 Å². The molecule has 3 rings (SSSR count). The SMILES string of the molecule is CN(C)S(=O)(=O)c1ccc(=O)n(CC(=O)Nc2ccccc2Sc2ccccc2)c1. The predicted molar refractivity (Wildman–Crippen MR) is 117 cm³/mol. The van der Waals surface area contributed by atoms with E-state index in [2.05, 4.69) is 5.32 Å². The molecule has 0 saturated heterocycles. The number of anilines is 1. The molecule has 9 heteroatoms. The lowest BCUT2D eigenvalue weighted by molar-refractivity contribution is -0.116. The first-order valence-electron chi connectivity index (χ1n) is 9.02. The molecule has 0 aliphatic rings. The molecule has 0 aliphatic carbocycles. The molecule has 0 unspecified atom stereocenters. The Morgan fingerprint density at radius 2 is 1.67 bits per heavy atom. The molecule has 0 fully saturated rings. The van der Waals surface area contributed by atoms with E-state index in [-0.39, 0.29) is 11.4 Å². The number of aromatic nitrogens is 1. The van der Waals surface area contributed by atoms with Crippen molar-refractivity contribution >= 4 is 33.4 Å². The summed E-state index contributed by atoms with van der Waals surface area (Å²) in [5.41, 5.74) is 0.149. The van der Waals surface area contributed by atoms with Crippen molar-refractivity contribution in [2.24, 2.45) is 0 Å². The Bertz CT molecular complexity index is 1210. The molecule has 7 nitrogen and oxygen atoms in total. The van der Waals surface area contributed by atoms with Crippen LogP contribution in [0.25, 0.3) is 0 Å². The minimum Gasteiger partial charge on any atom is -0.324 e. The maximum Gasteiger partial charge on any atom is 0.251 e. The molecule has 0 aliphatic heterocycles. The lowest BCUT2D eigenvalue weighted by Crippen LogP contribution is -2.29. The summed E-state index contributed by atoms with van der Waals surface area (Å²) in [7, 11) is -0.910. The molecule has 1 amide bonds. The third-order valence-electron chi connectivity index (χ3n) is 4.18. The third kappa shape index (κ3) is 5.18. The van der Waals surface area contributed by atoms with Gasteiger partial charge in [0.2, 0.25) is 15.9 Å². The number of para-hydroxylation sites is 1. The molecule has 0 saturated carbocycles. The number of carbonyl (C=O) groups is 1. The second-order valence-corrected chi connectivity index (χ2v) is 9.85. The Morgan fingerprint density at radius 3 is 2.37 bits per heavy atom. The number of sulfonamides is 1. The zero-order chi connectivity index (χ0) is 21.7. The number of hydrogen-bond donors (Lipinski definition) is 1. The van der Waals surface area contributed by atoms with E-state index in [9.17, 15) is 18.0 Å². The average Bonchev–Trinajstić information content (AvgIpc) is 2.71. The number of nitrogens with one attached hydrogen (secondary N) is 1. The van der Waals surface area contributed by atoms with E-state index < -0.39 is 21.5 Å². The Labute approximate surface area is 179 Å². The van der Waals surface area contributed by atoms with Crippen LogP contribution in [-0.2, 0) is 21.4 Å². The highest BCUT2D eigenvalue weighted by Crippen LogP contribution is 2.33. The fourth-order valence-electron chi connectivity index (χ4n) is 2.62. The minimum atomic E-state index is -3.71. The van der Waals surface area contributed by atoms with E-state index in [0.29, 0.717) is 5.69 Å². The highest BCUT2D eigenvalue weighted by atomic mass is 32.2. The molecule has 3 aromatic rings. The Hall–Kier alpha value is -2.88. The summed E-state index contributed by atoms with van der Waals surface area (Å²) in [6.45, 7) is -0.306. The molecule has 1 heterocycles. The highest BCUT2D eigenvalue weighted by Gasteiger charge is 2.19. The van der Waals surface area contributed by atoms with Gasteiger partial charge in [0.05, 0.1) is 10.6 Å². The van der Waals surface area contributed by atoms with Gasteiger partial charge in [0, 0.05) is 36.1 Å². The Kier molecular flexibility index (Phi) is 6.76. The monoisotopic (exact) mass is 443 g/mol. The summed E-state index contributed by atoms with van der Waals surface area (Å²) >= 11 is 1.51. The zero-order valence-electron chi connectivity index (χ0n) is 16.5. The molecule has 30 heavy (non-hydrogen) atoms. The topological polar surface area (TPSA) is 88.5 Å². The van der Waals surface area contributed by atoms with Gasteiger partial charge in [-0.1, -0.05) is 42.1 Å². The van der Waals surface area contributed by atoms with Crippen molar-refractivity contribution in [3.8, 4) is 0 Å². The normalized spacial score (nSPS) is 11.4. The summed E-state index contributed by atoms with van der Waals surface area (Å²) < 4.78 is 26.7. The van der Waals surface area contributed by atoms with Gasteiger partial charge in [-0.2, -0.15) is 0 Å². The predicted octanol–water partition coefficient (Wildman–Crippen LogP) is 2.89. The van der Waals surface area contributed by atoms with Crippen molar-refractivity contribution in [2.45, 2.75) is 21.2 Å². The van der Waals surface area contributed by atoms with E-state index >= 15 is 0 Å². The summed E-state index contributed by atoms with van der Waals surface area (Å²) in [5, 5.41) is 2.81. The third-order valence-corrected chi connectivity index (χ3v) is 7.06. The van der Waals surface area contributed by atoms with Crippen molar-refractivity contribution < 1.29 is 13.2 Å². The number of carbonyl (C=O) groups excluding carboxylic acids is 1. The molecule has 156 valence electrons. The largest absolute Gasteiger partial charge is 0.324 e. The molecule has 0 radical (unpaired) electrons. The molecule has 1 N–H and O–H groups in total. The van der Waals surface area contributed by atoms with Gasteiger partial charge in [-0.3, -0.25) is 9.59 Å². The molecule has 0 spiro atoms. The Morgan fingerprint density at radius 1 is 1.00 bits per heavy atom. The van der Waals surface area contributed by atoms with Crippen LogP contribution >= 0.6 is 11.8 Å². The second-order valence-electron chi connectivity index (χ2n) is 6.58. The summed E-state index contributed by atoms with van der Waals surface area (Å²) in [4.78, 5) is 26.6. The second kappa shape index (κ2) is 9.29. The zero-order valence-corrected chi connectivity index (χ0v) is 18.1. The quantitative estimate of drug-likeness (QED) is 0.607. The number of nitrogens with zero attached hydrogens (tertiary/aromatic N) is 2. The van der Waals surface area contributed by atoms with Gasteiger partial charge in [0.1, 0.15) is 6.54 Å². The number of hydrogen-bond acceptors (Lipinski definition) is 5. The van der Waals surface area contributed by atoms with Crippen LogP contribution in [0, 0.1) is 0 Å². The summed E-state index contributed by atoms with van der Waals surface area (Å²) in [5.74, 6) is -0.433. The number of rotatable bonds is 7. The first-order valence-corrected chi connectivity index (χ1v) is 11.3. The van der Waals surface area contributed by atoms with Crippen molar-refractivity contribution in [3.63, 3.8) is 0 Å². The average molecular weight is 444 g/mol. The van der Waals surface area contributed by atoms with Crippen LogP contribution in [0.4, 0.5) is 5.69 Å². The van der Waals surface area contributed by atoms with Gasteiger partial charge in [-0.15, -0.1) is 0 Å². The van der Waals surface area contributed by atoms with Crippen LogP contribution in [0.2, 0.25) is 0 Å². The van der Waals surface area contributed by atoms with Crippen LogP contribution in [0.1, 0.15) is 0 Å². The van der Waals surface area contributed by atoms with Gasteiger partial charge < -0.3 is 9.88 Å². The summed E-state index contributed by atoms with van der Waals surface area (Å²) in [6, 6.07) is 19.5. The first-order chi connectivity index (χ1) is 14.3. The van der Waals surface area contributed by atoms with Crippen molar-refractivity contribution in [1.29, 1.82) is 0 Å². The maximum absolute atomic E-state index is 12.6. The molecule has 0 bridgehead atoms. The van der Waals surface area contributed by atoms with E-state index in [1.807, 2.05) is 42.5 Å². The minimum absolute atomic E-state index is 0.0556.